The molecule has 0 saturated carbocycles. The van der Waals surface area contributed by atoms with E-state index in [0.29, 0.717) is 21.5 Å². The van der Waals surface area contributed by atoms with Crippen molar-refractivity contribution >= 4 is 61.9 Å². The van der Waals surface area contributed by atoms with Crippen LogP contribution in [0, 0.1) is 0 Å². The molecule has 0 aliphatic heterocycles. The van der Waals surface area contributed by atoms with Crippen molar-refractivity contribution in [2.24, 2.45) is 0 Å². The number of aromatic nitrogens is 3. The highest BCUT2D eigenvalue weighted by Gasteiger charge is 2.14. The van der Waals surface area contributed by atoms with Gasteiger partial charge in [-0.15, -0.1) is 11.6 Å². The van der Waals surface area contributed by atoms with Gasteiger partial charge < -0.3 is 0 Å². The first-order chi connectivity index (χ1) is 9.58. The zero-order valence-corrected chi connectivity index (χ0v) is 13.8. The first-order valence-corrected chi connectivity index (χ1v) is 7.72. The zero-order chi connectivity index (χ0) is 14.3. The zero-order valence-electron chi connectivity index (χ0n) is 9.95. The fraction of sp³-hybridized carbons (Fsp3) is 0.0769. The lowest BCUT2D eigenvalue weighted by molar-refractivity contribution is 0.970. The van der Waals surface area contributed by atoms with Gasteiger partial charge in [-0.3, -0.25) is 4.57 Å². The topological polar surface area (TPSA) is 30.7 Å². The molecule has 2 heterocycles. The van der Waals surface area contributed by atoms with Crippen molar-refractivity contribution in [2.45, 2.75) is 5.88 Å². The molecular weight excluding hydrogens is 384 g/mol. The number of halogens is 4. The number of nitrogens with zero attached hydrogens (tertiary/aromatic N) is 3. The van der Waals surface area contributed by atoms with Crippen LogP contribution in [0.3, 0.4) is 0 Å². The fourth-order valence-corrected chi connectivity index (χ4v) is 3.03. The first-order valence-electron chi connectivity index (χ1n) is 5.64. The van der Waals surface area contributed by atoms with Gasteiger partial charge in [-0.25, -0.2) is 9.97 Å². The Morgan fingerprint density at radius 3 is 2.45 bits per heavy atom. The van der Waals surface area contributed by atoms with Gasteiger partial charge in [0, 0.05) is 20.7 Å². The van der Waals surface area contributed by atoms with E-state index in [-0.39, 0.29) is 5.88 Å². The number of hydrogen-bond donors (Lipinski definition) is 0. The summed E-state index contributed by atoms with van der Waals surface area (Å²) in [6, 6.07) is 7.17. The van der Waals surface area contributed by atoms with Gasteiger partial charge in [-0.1, -0.05) is 23.2 Å². The molecule has 1 aromatic carbocycles. The highest BCUT2D eigenvalue weighted by atomic mass is 79.9. The average molecular weight is 391 g/mol. The highest BCUT2D eigenvalue weighted by Crippen LogP contribution is 2.27. The Labute approximate surface area is 138 Å². The van der Waals surface area contributed by atoms with Gasteiger partial charge >= 0.3 is 0 Å². The van der Waals surface area contributed by atoms with Crippen molar-refractivity contribution in [3.05, 3.63) is 50.8 Å². The van der Waals surface area contributed by atoms with E-state index < -0.39 is 0 Å². The highest BCUT2D eigenvalue weighted by molar-refractivity contribution is 9.10. The van der Waals surface area contributed by atoms with Crippen molar-refractivity contribution < 1.29 is 0 Å². The Balaban J connectivity index is 2.33. The van der Waals surface area contributed by atoms with E-state index in [1.54, 1.807) is 24.4 Å². The molecule has 0 unspecified atom stereocenters. The number of alkyl halides is 1. The molecule has 0 N–H and O–H groups in total. The van der Waals surface area contributed by atoms with Gasteiger partial charge in [0.05, 0.1) is 11.6 Å². The lowest BCUT2D eigenvalue weighted by atomic mass is 10.3. The van der Waals surface area contributed by atoms with Crippen LogP contribution in [-0.4, -0.2) is 14.5 Å². The summed E-state index contributed by atoms with van der Waals surface area (Å²) in [7, 11) is 0. The van der Waals surface area contributed by atoms with Gasteiger partial charge in [-0.05, 0) is 40.2 Å². The molecule has 3 nitrogen and oxygen atoms in total. The summed E-state index contributed by atoms with van der Waals surface area (Å²) >= 11 is 21.5. The Kier molecular flexibility index (Phi) is 3.91. The molecule has 3 rings (SSSR count). The second kappa shape index (κ2) is 5.53. The number of rotatable bonds is 2. The monoisotopic (exact) mass is 389 g/mol. The summed E-state index contributed by atoms with van der Waals surface area (Å²) in [5.41, 5.74) is 2.25. The molecule has 102 valence electrons. The van der Waals surface area contributed by atoms with Crippen LogP contribution in [0.1, 0.15) is 5.82 Å². The number of benzene rings is 1. The summed E-state index contributed by atoms with van der Waals surface area (Å²) < 4.78 is 2.71. The van der Waals surface area contributed by atoms with Crippen LogP contribution in [-0.2, 0) is 5.88 Å². The largest absolute Gasteiger partial charge is 0.280 e. The van der Waals surface area contributed by atoms with Gasteiger partial charge in [0.15, 0.2) is 5.65 Å². The number of pyridine rings is 1. The van der Waals surface area contributed by atoms with Crippen molar-refractivity contribution in [2.75, 3.05) is 0 Å². The maximum atomic E-state index is 6.06. The molecule has 3 aromatic rings. The van der Waals surface area contributed by atoms with E-state index >= 15 is 0 Å². The van der Waals surface area contributed by atoms with Crippen LogP contribution in [0.4, 0.5) is 0 Å². The van der Waals surface area contributed by atoms with E-state index in [1.165, 1.54) is 0 Å². The first kappa shape index (κ1) is 14.1. The SMILES string of the molecule is ClCc1nc2cc(Br)cnc2n1-c1cc(Cl)cc(Cl)c1. The minimum atomic E-state index is 0.262. The van der Waals surface area contributed by atoms with E-state index in [1.807, 2.05) is 10.6 Å². The Hall–Kier alpha value is -0.810. The van der Waals surface area contributed by atoms with E-state index in [2.05, 4.69) is 25.9 Å². The lowest BCUT2D eigenvalue weighted by Crippen LogP contribution is -2.00. The molecule has 0 aliphatic carbocycles. The van der Waals surface area contributed by atoms with Crippen LogP contribution in [0.15, 0.2) is 34.9 Å². The number of fused-ring (bicyclic) bond motifs is 1. The van der Waals surface area contributed by atoms with Crippen LogP contribution in [0.2, 0.25) is 10.0 Å². The third kappa shape index (κ3) is 2.53. The molecule has 20 heavy (non-hydrogen) atoms. The molecule has 0 bridgehead atoms. The lowest BCUT2D eigenvalue weighted by Gasteiger charge is -2.08. The second-order valence-corrected chi connectivity index (χ2v) is 6.18. The van der Waals surface area contributed by atoms with E-state index in [4.69, 9.17) is 34.8 Å². The van der Waals surface area contributed by atoms with Gasteiger partial charge in [0.2, 0.25) is 0 Å². The predicted octanol–water partition coefficient (Wildman–Crippen LogP) is 5.23. The molecule has 2 aromatic heterocycles. The molecule has 0 saturated heterocycles. The molecule has 7 heteroatoms. The Morgan fingerprint density at radius 2 is 1.80 bits per heavy atom. The summed E-state index contributed by atoms with van der Waals surface area (Å²) in [5, 5.41) is 1.10. The average Bonchev–Trinajstić information content (AvgIpc) is 2.74. The Morgan fingerprint density at radius 1 is 1.10 bits per heavy atom. The van der Waals surface area contributed by atoms with Crippen molar-refractivity contribution in [3.63, 3.8) is 0 Å². The normalized spacial score (nSPS) is 11.2. The summed E-state index contributed by atoms with van der Waals surface area (Å²) in [6.45, 7) is 0. The van der Waals surface area contributed by atoms with Gasteiger partial charge in [-0.2, -0.15) is 0 Å². The maximum absolute atomic E-state index is 6.06. The maximum Gasteiger partial charge on any atom is 0.164 e. The minimum absolute atomic E-state index is 0.262. The quantitative estimate of drug-likeness (QED) is 0.560. The summed E-state index contributed by atoms with van der Waals surface area (Å²) in [5.74, 6) is 0.948. The molecule has 0 amide bonds. The second-order valence-electron chi connectivity index (χ2n) is 4.12. The molecule has 0 aliphatic rings. The molecule has 0 radical (unpaired) electrons. The fourth-order valence-electron chi connectivity index (χ4n) is 2.02. The Bertz CT molecular complexity index is 781. The number of hydrogen-bond acceptors (Lipinski definition) is 2. The molecule has 0 spiro atoms. The predicted molar refractivity (Wildman–Crippen MR) is 86.1 cm³/mol. The molecule has 0 atom stereocenters. The molecular formula is C13H7BrCl3N3. The van der Waals surface area contributed by atoms with Crippen LogP contribution >= 0.6 is 50.7 Å². The van der Waals surface area contributed by atoms with Crippen molar-refractivity contribution in [1.29, 1.82) is 0 Å². The summed E-state index contributed by atoms with van der Waals surface area (Å²) in [4.78, 5) is 8.87. The van der Waals surface area contributed by atoms with Crippen LogP contribution < -0.4 is 0 Å². The van der Waals surface area contributed by atoms with Gasteiger partial charge in [0.1, 0.15) is 11.3 Å². The van der Waals surface area contributed by atoms with Crippen LogP contribution in [0.5, 0.6) is 0 Å². The van der Waals surface area contributed by atoms with Crippen molar-refractivity contribution in [1.82, 2.24) is 14.5 Å². The minimum Gasteiger partial charge on any atom is -0.280 e. The van der Waals surface area contributed by atoms with E-state index in [9.17, 15) is 0 Å². The van der Waals surface area contributed by atoms with Crippen LogP contribution in [0.25, 0.3) is 16.9 Å². The standard InChI is InChI=1S/C13H7BrCl3N3/c14-7-1-11-13(18-6-7)20(12(5-15)19-11)10-3-8(16)2-9(17)4-10/h1-4,6H,5H2. The summed E-state index contributed by atoms with van der Waals surface area (Å²) in [6.07, 6.45) is 1.71. The third-order valence-corrected chi connectivity index (χ3v) is 3.87. The molecule has 0 fully saturated rings. The smallest absolute Gasteiger partial charge is 0.164 e. The number of imidazole rings is 1. The third-order valence-electron chi connectivity index (χ3n) is 2.76. The van der Waals surface area contributed by atoms with Gasteiger partial charge in [0.25, 0.3) is 0 Å². The van der Waals surface area contributed by atoms with Crippen molar-refractivity contribution in [3.8, 4) is 5.69 Å². The van der Waals surface area contributed by atoms with E-state index in [0.717, 1.165) is 15.7 Å².